The molecule has 0 unspecified atom stereocenters. The molecule has 1 aliphatic heterocycles. The van der Waals surface area contributed by atoms with Crippen molar-refractivity contribution in [2.75, 3.05) is 18.4 Å². The van der Waals surface area contributed by atoms with Gasteiger partial charge in [-0.3, -0.25) is 4.79 Å². The quantitative estimate of drug-likeness (QED) is 0.876. The molecule has 1 saturated heterocycles. The van der Waals surface area contributed by atoms with Crippen molar-refractivity contribution in [3.05, 3.63) is 60.2 Å². The highest BCUT2D eigenvalue weighted by Gasteiger charge is 2.32. The van der Waals surface area contributed by atoms with E-state index >= 15 is 0 Å². The average molecular weight is 372 g/mol. The standard InChI is InChI=1S/C20H24N2O3S/c1-2-16-8-6-7-11-19(16)21-20(23)17-12-14-22(15-13-17)26(24,25)18-9-4-3-5-10-18/h3-11,17H,2,12-15H2,1H3,(H,21,23). The molecule has 0 spiro atoms. The number of para-hydroxylation sites is 1. The van der Waals surface area contributed by atoms with Gasteiger partial charge in [0, 0.05) is 24.7 Å². The molecule has 0 aliphatic carbocycles. The van der Waals surface area contributed by atoms with Gasteiger partial charge in [-0.2, -0.15) is 4.31 Å². The fourth-order valence-corrected chi connectivity index (χ4v) is 4.78. The summed E-state index contributed by atoms with van der Waals surface area (Å²) in [7, 11) is -3.48. The predicted molar refractivity (Wildman–Crippen MR) is 102 cm³/mol. The second kappa shape index (κ2) is 8.01. The van der Waals surface area contributed by atoms with Gasteiger partial charge in [0.15, 0.2) is 0 Å². The Morgan fingerprint density at radius 1 is 1.04 bits per heavy atom. The normalized spacial score (nSPS) is 16.3. The van der Waals surface area contributed by atoms with Gasteiger partial charge in [0.25, 0.3) is 0 Å². The molecule has 0 atom stereocenters. The topological polar surface area (TPSA) is 66.5 Å². The third-order valence-corrected chi connectivity index (χ3v) is 6.77. The first-order valence-corrected chi connectivity index (χ1v) is 10.4. The van der Waals surface area contributed by atoms with Gasteiger partial charge in [-0.25, -0.2) is 8.42 Å². The van der Waals surface area contributed by atoms with Crippen molar-refractivity contribution in [2.45, 2.75) is 31.1 Å². The highest BCUT2D eigenvalue weighted by Crippen LogP contribution is 2.25. The first kappa shape index (κ1) is 18.6. The highest BCUT2D eigenvalue weighted by atomic mass is 32.2. The number of carbonyl (C=O) groups excluding carboxylic acids is 1. The lowest BCUT2D eigenvalue weighted by Gasteiger charge is -2.30. The van der Waals surface area contributed by atoms with Crippen molar-refractivity contribution in [2.24, 2.45) is 5.92 Å². The second-order valence-electron chi connectivity index (χ2n) is 6.49. The van der Waals surface area contributed by atoms with E-state index in [1.807, 2.05) is 24.3 Å². The van der Waals surface area contributed by atoms with Crippen molar-refractivity contribution in [1.29, 1.82) is 0 Å². The predicted octanol–water partition coefficient (Wildman–Crippen LogP) is 3.29. The molecule has 1 amide bonds. The summed E-state index contributed by atoms with van der Waals surface area (Å²) >= 11 is 0. The number of aryl methyl sites for hydroxylation is 1. The molecule has 1 fully saturated rings. The molecular formula is C20H24N2O3S. The molecule has 1 N–H and O–H groups in total. The number of piperidine rings is 1. The molecule has 0 radical (unpaired) electrons. The summed E-state index contributed by atoms with van der Waals surface area (Å²) in [6, 6.07) is 16.2. The summed E-state index contributed by atoms with van der Waals surface area (Å²) in [5.74, 6) is -0.190. The Bertz CT molecular complexity index is 858. The number of sulfonamides is 1. The number of hydrogen-bond acceptors (Lipinski definition) is 3. The number of rotatable bonds is 5. The molecular weight excluding hydrogens is 348 g/mol. The molecule has 0 saturated carbocycles. The minimum Gasteiger partial charge on any atom is -0.326 e. The SMILES string of the molecule is CCc1ccccc1NC(=O)C1CCN(S(=O)(=O)c2ccccc2)CC1. The fourth-order valence-electron chi connectivity index (χ4n) is 3.29. The van der Waals surface area contributed by atoms with Crippen LogP contribution in [0.2, 0.25) is 0 Å². The summed E-state index contributed by atoms with van der Waals surface area (Å²) in [5, 5.41) is 3.01. The summed E-state index contributed by atoms with van der Waals surface area (Å²) in [6.45, 7) is 2.79. The zero-order valence-electron chi connectivity index (χ0n) is 14.9. The summed E-state index contributed by atoms with van der Waals surface area (Å²) in [4.78, 5) is 12.9. The first-order chi connectivity index (χ1) is 12.5. The first-order valence-electron chi connectivity index (χ1n) is 8.96. The molecule has 0 bridgehead atoms. The number of benzene rings is 2. The summed E-state index contributed by atoms with van der Waals surface area (Å²) in [6.07, 6.45) is 1.92. The molecule has 3 rings (SSSR count). The Morgan fingerprint density at radius 2 is 1.65 bits per heavy atom. The lowest BCUT2D eigenvalue weighted by atomic mass is 9.97. The number of anilines is 1. The number of carbonyl (C=O) groups is 1. The van der Waals surface area contributed by atoms with E-state index in [1.165, 1.54) is 4.31 Å². The third-order valence-electron chi connectivity index (χ3n) is 4.86. The van der Waals surface area contributed by atoms with Gasteiger partial charge in [0.2, 0.25) is 15.9 Å². The third kappa shape index (κ3) is 3.97. The Morgan fingerprint density at radius 3 is 2.31 bits per heavy atom. The van der Waals surface area contributed by atoms with Gasteiger partial charge in [-0.1, -0.05) is 43.3 Å². The van der Waals surface area contributed by atoms with Crippen LogP contribution in [0.1, 0.15) is 25.3 Å². The largest absolute Gasteiger partial charge is 0.326 e. The minimum atomic E-state index is -3.48. The molecule has 138 valence electrons. The highest BCUT2D eigenvalue weighted by molar-refractivity contribution is 7.89. The lowest BCUT2D eigenvalue weighted by molar-refractivity contribution is -0.120. The molecule has 5 nitrogen and oxygen atoms in total. The van der Waals surface area contributed by atoms with Crippen molar-refractivity contribution < 1.29 is 13.2 Å². The van der Waals surface area contributed by atoms with Gasteiger partial charge in [-0.15, -0.1) is 0 Å². The van der Waals surface area contributed by atoms with E-state index in [1.54, 1.807) is 30.3 Å². The van der Waals surface area contributed by atoms with Crippen molar-refractivity contribution in [3.63, 3.8) is 0 Å². The van der Waals surface area contributed by atoms with E-state index in [0.717, 1.165) is 17.7 Å². The number of nitrogens with zero attached hydrogens (tertiary/aromatic N) is 1. The van der Waals surface area contributed by atoms with Crippen LogP contribution in [0, 0.1) is 5.92 Å². The second-order valence-corrected chi connectivity index (χ2v) is 8.43. The maximum atomic E-state index is 12.7. The van der Waals surface area contributed by atoms with Crippen LogP contribution in [0.15, 0.2) is 59.5 Å². The van der Waals surface area contributed by atoms with Gasteiger partial charge >= 0.3 is 0 Å². The lowest BCUT2D eigenvalue weighted by Crippen LogP contribution is -2.41. The fraction of sp³-hybridized carbons (Fsp3) is 0.350. The zero-order valence-corrected chi connectivity index (χ0v) is 15.7. The molecule has 6 heteroatoms. The van der Waals surface area contributed by atoms with Crippen LogP contribution in [0.5, 0.6) is 0 Å². The smallest absolute Gasteiger partial charge is 0.243 e. The average Bonchev–Trinajstić information content (AvgIpc) is 2.69. The number of nitrogens with one attached hydrogen (secondary N) is 1. The minimum absolute atomic E-state index is 0.0253. The van der Waals surface area contributed by atoms with Crippen molar-refractivity contribution in [1.82, 2.24) is 4.31 Å². The zero-order chi connectivity index (χ0) is 18.6. The Balaban J connectivity index is 1.62. The van der Waals surface area contributed by atoms with E-state index in [4.69, 9.17) is 0 Å². The maximum Gasteiger partial charge on any atom is 0.243 e. The van der Waals surface area contributed by atoms with Gasteiger partial charge in [-0.05, 0) is 43.0 Å². The summed E-state index contributed by atoms with van der Waals surface area (Å²) in [5.41, 5.74) is 1.95. The molecule has 1 aliphatic rings. The van der Waals surface area contributed by atoms with E-state index in [-0.39, 0.29) is 11.8 Å². The van der Waals surface area contributed by atoms with Crippen LogP contribution in [-0.2, 0) is 21.2 Å². The van der Waals surface area contributed by atoms with Crippen LogP contribution in [-0.4, -0.2) is 31.7 Å². The number of hydrogen-bond donors (Lipinski definition) is 1. The van der Waals surface area contributed by atoms with Crippen LogP contribution in [0.25, 0.3) is 0 Å². The summed E-state index contributed by atoms with van der Waals surface area (Å²) < 4.78 is 26.8. The maximum absolute atomic E-state index is 12.7. The van der Waals surface area contributed by atoms with Gasteiger partial charge < -0.3 is 5.32 Å². The molecule has 2 aromatic rings. The molecule has 0 aromatic heterocycles. The van der Waals surface area contributed by atoms with E-state index < -0.39 is 10.0 Å². The van der Waals surface area contributed by atoms with E-state index in [0.29, 0.717) is 30.8 Å². The van der Waals surface area contributed by atoms with Crippen molar-refractivity contribution in [3.8, 4) is 0 Å². The Kier molecular flexibility index (Phi) is 5.74. The Hall–Kier alpha value is -2.18. The molecule has 26 heavy (non-hydrogen) atoms. The van der Waals surface area contributed by atoms with E-state index in [2.05, 4.69) is 12.2 Å². The van der Waals surface area contributed by atoms with Crippen molar-refractivity contribution >= 4 is 21.6 Å². The van der Waals surface area contributed by atoms with Gasteiger partial charge in [0.05, 0.1) is 4.90 Å². The molecule has 2 aromatic carbocycles. The van der Waals surface area contributed by atoms with Crippen LogP contribution >= 0.6 is 0 Å². The van der Waals surface area contributed by atoms with Crippen LogP contribution in [0.4, 0.5) is 5.69 Å². The number of amides is 1. The van der Waals surface area contributed by atoms with Crippen LogP contribution < -0.4 is 5.32 Å². The van der Waals surface area contributed by atoms with E-state index in [9.17, 15) is 13.2 Å². The van der Waals surface area contributed by atoms with Crippen LogP contribution in [0.3, 0.4) is 0 Å². The molecule has 1 heterocycles. The monoisotopic (exact) mass is 372 g/mol. The van der Waals surface area contributed by atoms with Gasteiger partial charge in [0.1, 0.15) is 0 Å². The Labute approximate surface area is 155 Å².